The van der Waals surface area contributed by atoms with Gasteiger partial charge in [-0.1, -0.05) is 31.2 Å². The highest BCUT2D eigenvalue weighted by Crippen LogP contribution is 2.19. The largest absolute Gasteiger partial charge is 0.379 e. The van der Waals surface area contributed by atoms with Gasteiger partial charge in [-0.25, -0.2) is 0 Å². The number of hydrogen-bond donors (Lipinski definition) is 1. The molecule has 2 N–H and O–H groups in total. The van der Waals surface area contributed by atoms with Crippen LogP contribution in [0.1, 0.15) is 30.6 Å². The van der Waals surface area contributed by atoms with E-state index in [1.54, 1.807) is 0 Å². The second kappa shape index (κ2) is 8.23. The van der Waals surface area contributed by atoms with Crippen molar-refractivity contribution in [2.75, 3.05) is 26.4 Å². The second-order valence-corrected chi connectivity index (χ2v) is 4.06. The molecule has 0 bridgehead atoms. The van der Waals surface area contributed by atoms with Crippen molar-refractivity contribution < 1.29 is 9.47 Å². The van der Waals surface area contributed by atoms with Crippen LogP contribution < -0.4 is 5.73 Å². The predicted molar refractivity (Wildman–Crippen MR) is 70.0 cm³/mol. The summed E-state index contributed by atoms with van der Waals surface area (Å²) in [6, 6.07) is 8.19. The topological polar surface area (TPSA) is 44.5 Å². The molecule has 0 aromatic heterocycles. The van der Waals surface area contributed by atoms with E-state index < -0.39 is 0 Å². The molecule has 1 atom stereocenters. The smallest absolute Gasteiger partial charge is 0.0950 e. The Labute approximate surface area is 104 Å². The van der Waals surface area contributed by atoms with E-state index >= 15 is 0 Å². The molecule has 0 saturated carbocycles. The fourth-order valence-corrected chi connectivity index (χ4v) is 1.73. The van der Waals surface area contributed by atoms with Gasteiger partial charge in [0.2, 0.25) is 0 Å². The highest BCUT2D eigenvalue weighted by Gasteiger charge is 2.11. The molecule has 0 saturated heterocycles. The highest BCUT2D eigenvalue weighted by atomic mass is 16.5. The van der Waals surface area contributed by atoms with Crippen molar-refractivity contribution in [3.8, 4) is 0 Å². The van der Waals surface area contributed by atoms with Gasteiger partial charge in [0.25, 0.3) is 0 Å². The van der Waals surface area contributed by atoms with Crippen LogP contribution in [0.3, 0.4) is 0 Å². The van der Waals surface area contributed by atoms with E-state index in [-0.39, 0.29) is 6.10 Å². The van der Waals surface area contributed by atoms with Gasteiger partial charge in [0.05, 0.1) is 19.3 Å². The Morgan fingerprint density at radius 2 is 1.94 bits per heavy atom. The van der Waals surface area contributed by atoms with Crippen LogP contribution in [0.4, 0.5) is 0 Å². The predicted octanol–water partition coefficient (Wildman–Crippen LogP) is 2.44. The first-order valence-electron chi connectivity index (χ1n) is 6.24. The van der Waals surface area contributed by atoms with Crippen LogP contribution in [0.25, 0.3) is 0 Å². The maximum absolute atomic E-state index is 5.75. The molecule has 0 spiro atoms. The Balaban J connectivity index is 2.41. The summed E-state index contributed by atoms with van der Waals surface area (Å²) >= 11 is 0. The summed E-state index contributed by atoms with van der Waals surface area (Å²) in [5.41, 5.74) is 8.14. The van der Waals surface area contributed by atoms with Gasteiger partial charge in [-0.2, -0.15) is 0 Å². The Bertz CT molecular complexity index is 315. The normalized spacial score (nSPS) is 12.6. The van der Waals surface area contributed by atoms with Gasteiger partial charge in [0.1, 0.15) is 0 Å². The lowest BCUT2D eigenvalue weighted by molar-refractivity contribution is 0.00742. The number of hydrogen-bond acceptors (Lipinski definition) is 3. The number of aryl methyl sites for hydroxylation is 1. The zero-order valence-electron chi connectivity index (χ0n) is 10.8. The molecule has 0 amide bonds. The number of ether oxygens (including phenoxy) is 2. The summed E-state index contributed by atoms with van der Waals surface area (Å²) in [5.74, 6) is 0. The summed E-state index contributed by atoms with van der Waals surface area (Å²) in [4.78, 5) is 0. The minimum absolute atomic E-state index is 0.0265. The first-order valence-corrected chi connectivity index (χ1v) is 6.24. The third-order valence-electron chi connectivity index (χ3n) is 2.64. The van der Waals surface area contributed by atoms with Gasteiger partial charge >= 0.3 is 0 Å². The monoisotopic (exact) mass is 237 g/mol. The molecular weight excluding hydrogens is 214 g/mol. The van der Waals surface area contributed by atoms with E-state index in [9.17, 15) is 0 Å². The van der Waals surface area contributed by atoms with Crippen molar-refractivity contribution >= 4 is 0 Å². The van der Waals surface area contributed by atoms with Crippen LogP contribution in [0.2, 0.25) is 0 Å². The molecule has 3 heteroatoms. The molecule has 1 aromatic rings. The summed E-state index contributed by atoms with van der Waals surface area (Å²) in [6.45, 7) is 6.69. The number of benzene rings is 1. The fraction of sp³-hybridized carbons (Fsp3) is 0.571. The van der Waals surface area contributed by atoms with Crippen molar-refractivity contribution in [1.82, 2.24) is 0 Å². The van der Waals surface area contributed by atoms with Gasteiger partial charge in [0, 0.05) is 13.2 Å². The SMILES string of the molecule is CCCOCCOC(CN)c1ccccc1C. The lowest BCUT2D eigenvalue weighted by Crippen LogP contribution is -2.19. The van der Waals surface area contributed by atoms with Crippen molar-refractivity contribution in [3.05, 3.63) is 35.4 Å². The Hall–Kier alpha value is -0.900. The molecule has 0 heterocycles. The molecule has 0 aliphatic heterocycles. The van der Waals surface area contributed by atoms with E-state index in [2.05, 4.69) is 26.0 Å². The summed E-state index contributed by atoms with van der Waals surface area (Å²) in [6.07, 6.45) is 1.01. The fourth-order valence-electron chi connectivity index (χ4n) is 1.73. The first kappa shape index (κ1) is 14.2. The zero-order valence-corrected chi connectivity index (χ0v) is 10.8. The quantitative estimate of drug-likeness (QED) is 0.706. The molecule has 0 aliphatic rings. The molecule has 17 heavy (non-hydrogen) atoms. The van der Waals surface area contributed by atoms with E-state index in [0.717, 1.165) is 13.0 Å². The molecule has 1 rings (SSSR count). The van der Waals surface area contributed by atoms with Gasteiger partial charge in [-0.3, -0.25) is 0 Å². The summed E-state index contributed by atoms with van der Waals surface area (Å²) in [7, 11) is 0. The van der Waals surface area contributed by atoms with E-state index in [0.29, 0.717) is 19.8 Å². The third-order valence-corrected chi connectivity index (χ3v) is 2.64. The standard InChI is InChI=1S/C14H23NO2/c1-3-8-16-9-10-17-14(11-15)13-7-5-4-6-12(13)2/h4-7,14H,3,8-11,15H2,1-2H3. The molecule has 0 aliphatic carbocycles. The van der Waals surface area contributed by atoms with Gasteiger partial charge < -0.3 is 15.2 Å². The average molecular weight is 237 g/mol. The molecular formula is C14H23NO2. The lowest BCUT2D eigenvalue weighted by atomic mass is 10.0. The van der Waals surface area contributed by atoms with Gasteiger partial charge in [-0.15, -0.1) is 0 Å². The summed E-state index contributed by atoms with van der Waals surface area (Å²) in [5, 5.41) is 0. The van der Waals surface area contributed by atoms with Crippen LogP contribution in [-0.4, -0.2) is 26.4 Å². The van der Waals surface area contributed by atoms with E-state index in [1.165, 1.54) is 11.1 Å². The maximum atomic E-state index is 5.75. The van der Waals surface area contributed by atoms with Crippen molar-refractivity contribution in [2.24, 2.45) is 5.73 Å². The number of nitrogens with two attached hydrogens (primary N) is 1. The van der Waals surface area contributed by atoms with Crippen molar-refractivity contribution in [2.45, 2.75) is 26.4 Å². The minimum atomic E-state index is -0.0265. The Morgan fingerprint density at radius 1 is 1.18 bits per heavy atom. The molecule has 1 unspecified atom stereocenters. The van der Waals surface area contributed by atoms with Crippen molar-refractivity contribution in [3.63, 3.8) is 0 Å². The Kier molecular flexibility index (Phi) is 6.86. The van der Waals surface area contributed by atoms with Crippen LogP contribution in [0, 0.1) is 6.92 Å². The van der Waals surface area contributed by atoms with Crippen LogP contribution in [-0.2, 0) is 9.47 Å². The zero-order chi connectivity index (χ0) is 12.5. The van der Waals surface area contributed by atoms with Gasteiger partial charge in [0.15, 0.2) is 0 Å². The van der Waals surface area contributed by atoms with Crippen LogP contribution >= 0.6 is 0 Å². The maximum Gasteiger partial charge on any atom is 0.0950 e. The molecule has 3 nitrogen and oxygen atoms in total. The molecule has 96 valence electrons. The average Bonchev–Trinajstić information content (AvgIpc) is 2.35. The molecule has 1 aromatic carbocycles. The number of rotatable bonds is 8. The second-order valence-electron chi connectivity index (χ2n) is 4.06. The lowest BCUT2D eigenvalue weighted by Gasteiger charge is -2.18. The Morgan fingerprint density at radius 3 is 2.59 bits per heavy atom. The highest BCUT2D eigenvalue weighted by molar-refractivity contribution is 5.27. The van der Waals surface area contributed by atoms with Crippen molar-refractivity contribution in [1.29, 1.82) is 0 Å². The van der Waals surface area contributed by atoms with Crippen LogP contribution in [0.5, 0.6) is 0 Å². The van der Waals surface area contributed by atoms with E-state index in [4.69, 9.17) is 15.2 Å². The molecule has 0 fully saturated rings. The molecule has 0 radical (unpaired) electrons. The van der Waals surface area contributed by atoms with E-state index in [1.807, 2.05) is 12.1 Å². The first-order chi connectivity index (χ1) is 8.29. The third kappa shape index (κ3) is 4.86. The summed E-state index contributed by atoms with van der Waals surface area (Å²) < 4.78 is 11.1. The van der Waals surface area contributed by atoms with Gasteiger partial charge in [-0.05, 0) is 24.5 Å². The minimum Gasteiger partial charge on any atom is -0.379 e. The van der Waals surface area contributed by atoms with Crippen LogP contribution in [0.15, 0.2) is 24.3 Å².